The largest absolute Gasteiger partial charge is 0.744 e. The minimum atomic E-state index is -4.30. The Hall–Kier alpha value is -8.25. The monoisotopic (exact) mass is 1490 g/mol. The van der Waals surface area contributed by atoms with Crippen LogP contribution in [0.15, 0.2) is 126 Å². The summed E-state index contributed by atoms with van der Waals surface area (Å²) in [6.45, 7) is 27.2. The quantitative estimate of drug-likeness (QED) is 0.0310. The lowest BCUT2D eigenvalue weighted by Gasteiger charge is -2.32. The third kappa shape index (κ3) is 18.1. The van der Waals surface area contributed by atoms with Gasteiger partial charge in [0.1, 0.15) is 45.9 Å². The van der Waals surface area contributed by atoms with Crippen molar-refractivity contribution in [2.24, 2.45) is 38.9 Å². The van der Waals surface area contributed by atoms with Crippen molar-refractivity contribution < 1.29 is 85.1 Å². The van der Waals surface area contributed by atoms with Gasteiger partial charge in [0.05, 0.1) is 33.3 Å². The van der Waals surface area contributed by atoms with Crippen LogP contribution in [-0.2, 0) is 78.5 Å². The highest BCUT2D eigenvalue weighted by molar-refractivity contribution is 7.85. The molecule has 106 heavy (non-hydrogen) atoms. The number of benzene rings is 5. The number of nitrogens with zero attached hydrogens (tertiary/aromatic N) is 2. The van der Waals surface area contributed by atoms with Crippen LogP contribution >= 0.6 is 10.5 Å². The number of nitriles is 2. The summed E-state index contributed by atoms with van der Waals surface area (Å²) in [6, 6.07) is 43.8. The van der Waals surface area contributed by atoms with Gasteiger partial charge in [-0.25, -0.2) is 13.2 Å². The van der Waals surface area contributed by atoms with E-state index in [1.165, 1.54) is 61.2 Å². The van der Waals surface area contributed by atoms with Gasteiger partial charge in [-0.3, -0.25) is 24.0 Å². The summed E-state index contributed by atoms with van der Waals surface area (Å²) in [5.74, 6) is -1.24. The predicted octanol–water partition coefficient (Wildman–Crippen LogP) is 16.3. The molecule has 12 atom stereocenters. The number of hydrogen-bond acceptors (Lipinski definition) is 20. The number of carbonyl (C=O) groups is 6. The highest BCUT2D eigenvalue weighted by atomic mass is 32.2. The van der Waals surface area contributed by atoms with E-state index in [-0.39, 0.29) is 69.3 Å². The number of aliphatic hydroxyl groups is 1. The average Bonchev–Trinajstić information content (AvgIpc) is 1.54. The standard InChI is InChI=1S/C20H17OS.C16H19NO7.C15H19NO4.C13H24O2.C10H14O3S.C10H14O/c21-14-13-15-9-11-16(12-10-15)22-19-7-3-1-5-17(19)18-6-2-4-8-20(18)22;1-4-15(2,3)13(19)21-6-9(18)23-10-8-5-16(7-17)12(22-8)11(10)24-14(16)20;1-4-14(2,3)12(17)19-10-8-5-9-11(10)20-13(18)15(9,6-8)7-16;1-5-12(3,4)11(14)15-13(6-2)9-7-8-10-13;1-3-8(2)9-4-6-10(7-5-9)14(11,12)13;1-3-8(2)9-4-6-10(11)7-5-9/h1-12,21H,13-14H2;8,10-12H,4-6H2,1-3H3;8-11H,4-6H2,1-3H3;5-10H2,1-4H3;4-8H,3H2,1-2H3,(H,11,12,13);4-8,11H,3H2,1-2H3/q+1;;;;;/p-1. The van der Waals surface area contributed by atoms with Crippen LogP contribution in [0, 0.1) is 61.6 Å². The van der Waals surface area contributed by atoms with Gasteiger partial charge in [-0.05, 0) is 214 Å². The maximum Gasteiger partial charge on any atom is 0.344 e. The van der Waals surface area contributed by atoms with Crippen LogP contribution in [0.3, 0.4) is 0 Å². The molecular formula is C84H106N2O18S2. The molecule has 5 heterocycles. The molecule has 22 heteroatoms. The molecule has 13 rings (SSSR count). The first kappa shape index (κ1) is 83.4. The summed E-state index contributed by atoms with van der Waals surface area (Å²) in [5.41, 5.74) is -0.386. The van der Waals surface area contributed by atoms with Crippen LogP contribution in [0.4, 0.5) is 0 Å². The SMILES string of the molecule is CCC(C)(C)C(=O)OC1C2CC3C1OC(=O)C3(C#N)C2.CCC(C)(C)C(=O)OCC(=O)OC1C2CC3(C#N)C(=O)OC1C3O2.CCC(C)c1ccc(O)cc1.CCC(C)c1ccc(S(=O)(=O)[O-])cc1.CCC1(OC(=O)C(C)(C)CC)CCCC1.OCCc1ccc(-[s+]2c3ccccc3c3ccccc32)cc1. The molecule has 3 saturated carbocycles. The zero-order valence-electron chi connectivity index (χ0n) is 63.8. The number of aliphatic hydroxyl groups excluding tert-OH is 1. The molecule has 4 saturated heterocycles. The summed E-state index contributed by atoms with van der Waals surface area (Å²) in [7, 11) is -4.32. The van der Waals surface area contributed by atoms with Crippen LogP contribution in [0.5, 0.6) is 5.75 Å². The normalized spacial score (nSPS) is 24.4. The molecule has 5 aromatic carbocycles. The van der Waals surface area contributed by atoms with Crippen LogP contribution in [-0.4, -0.2) is 114 Å². The fourth-order valence-corrected chi connectivity index (χ4v) is 17.1. The van der Waals surface area contributed by atoms with Gasteiger partial charge in [-0.15, -0.1) is 0 Å². The van der Waals surface area contributed by atoms with Gasteiger partial charge in [0.15, 0.2) is 43.9 Å². The van der Waals surface area contributed by atoms with Gasteiger partial charge in [0, 0.05) is 46.1 Å². The summed E-state index contributed by atoms with van der Waals surface area (Å²) >= 11 is 0. The first-order valence-electron chi connectivity index (χ1n) is 37.3. The lowest BCUT2D eigenvalue weighted by atomic mass is 9.74. The molecule has 3 aliphatic carbocycles. The van der Waals surface area contributed by atoms with Gasteiger partial charge in [-0.1, -0.05) is 116 Å². The van der Waals surface area contributed by atoms with Crippen molar-refractivity contribution in [2.45, 2.75) is 246 Å². The number of thiophene rings is 1. The van der Waals surface area contributed by atoms with E-state index in [9.17, 15) is 52.3 Å². The van der Waals surface area contributed by atoms with E-state index in [4.69, 9.17) is 43.4 Å². The number of esters is 6. The van der Waals surface area contributed by atoms with Crippen LogP contribution < -0.4 is 0 Å². The molecule has 0 amide bonds. The van der Waals surface area contributed by atoms with Crippen molar-refractivity contribution in [2.75, 3.05) is 13.2 Å². The topological polar surface area (TPSA) is 312 Å². The zero-order valence-corrected chi connectivity index (χ0v) is 65.4. The van der Waals surface area contributed by atoms with E-state index in [0.717, 1.165) is 56.9 Å². The van der Waals surface area contributed by atoms with Crippen LogP contribution in [0.1, 0.15) is 209 Å². The van der Waals surface area contributed by atoms with Crippen molar-refractivity contribution >= 4 is 76.6 Å². The van der Waals surface area contributed by atoms with Crippen molar-refractivity contribution in [3.8, 4) is 22.8 Å². The Labute approximate surface area is 627 Å². The number of hydrogen-bond donors (Lipinski definition) is 2. The van der Waals surface area contributed by atoms with Crippen molar-refractivity contribution in [1.82, 2.24) is 0 Å². The molecule has 7 fully saturated rings. The first-order valence-corrected chi connectivity index (χ1v) is 39.9. The number of carbonyl (C=O) groups excluding carboxylic acids is 6. The highest BCUT2D eigenvalue weighted by Crippen LogP contribution is 2.62. The summed E-state index contributed by atoms with van der Waals surface area (Å²) in [6.07, 6.45) is 8.18. The summed E-state index contributed by atoms with van der Waals surface area (Å²) in [5, 5.41) is 39.4. The van der Waals surface area contributed by atoms with E-state index in [2.05, 4.69) is 113 Å². The molecule has 12 unspecified atom stereocenters. The fraction of sp³-hybridized carbons (Fsp3) is 0.548. The number of phenols is 1. The average molecular weight is 1500 g/mol. The Morgan fingerprint density at radius 1 is 0.651 bits per heavy atom. The van der Waals surface area contributed by atoms with E-state index in [0.29, 0.717) is 36.8 Å². The predicted molar refractivity (Wildman–Crippen MR) is 402 cm³/mol. The second-order valence-corrected chi connectivity index (χ2v) is 34.3. The third-order valence-corrected chi connectivity index (χ3v) is 26.2. The van der Waals surface area contributed by atoms with Gasteiger partial charge in [0.2, 0.25) is 0 Å². The number of ether oxygens (including phenoxy) is 7. The maximum absolute atomic E-state index is 12.2. The highest BCUT2D eigenvalue weighted by Gasteiger charge is 2.75. The molecular weight excluding hydrogens is 1390 g/mol. The molecule has 7 aliphatic rings. The second-order valence-electron chi connectivity index (χ2n) is 30.9. The Bertz CT molecular complexity index is 4230. The third-order valence-electron chi connectivity index (χ3n) is 23.0. The number of phenolic OH excluding ortho intramolecular Hbond substituents is 1. The molecule has 6 aromatic rings. The molecule has 4 aliphatic heterocycles. The van der Waals surface area contributed by atoms with Crippen molar-refractivity contribution in [3.63, 3.8) is 0 Å². The van der Waals surface area contributed by atoms with E-state index in [1.807, 2.05) is 66.7 Å². The molecule has 0 radical (unpaired) electrons. The Morgan fingerprint density at radius 3 is 1.65 bits per heavy atom. The van der Waals surface area contributed by atoms with E-state index in [1.54, 1.807) is 38.1 Å². The van der Waals surface area contributed by atoms with Crippen molar-refractivity contribution in [1.29, 1.82) is 10.5 Å². The lowest BCUT2D eigenvalue weighted by Crippen LogP contribution is -2.44. The summed E-state index contributed by atoms with van der Waals surface area (Å²) < 4.78 is 72.5. The Balaban J connectivity index is 0.000000164. The van der Waals surface area contributed by atoms with Gasteiger partial charge in [-0.2, -0.15) is 10.5 Å². The minimum absolute atomic E-state index is 0.0153. The van der Waals surface area contributed by atoms with E-state index < -0.39 is 92.8 Å². The molecule has 2 N–H and O–H groups in total. The minimum Gasteiger partial charge on any atom is -0.744 e. The molecule has 4 bridgehead atoms. The van der Waals surface area contributed by atoms with Gasteiger partial charge < -0.3 is 47.9 Å². The van der Waals surface area contributed by atoms with Crippen LogP contribution in [0.2, 0.25) is 0 Å². The number of fused-ring (bicyclic) bond motifs is 5. The second kappa shape index (κ2) is 34.8. The number of aromatic hydroxyl groups is 1. The first-order chi connectivity index (χ1) is 50.1. The Morgan fingerprint density at radius 2 is 1.15 bits per heavy atom. The molecule has 0 spiro atoms. The Kier molecular flexibility index (Phi) is 27.3. The van der Waals surface area contributed by atoms with Crippen molar-refractivity contribution in [3.05, 3.63) is 138 Å². The van der Waals surface area contributed by atoms with Gasteiger partial charge >= 0.3 is 35.8 Å². The molecule has 572 valence electrons. The molecule has 1 aromatic heterocycles. The smallest absolute Gasteiger partial charge is 0.344 e. The summed E-state index contributed by atoms with van der Waals surface area (Å²) in [4.78, 5) is 73.0. The lowest BCUT2D eigenvalue weighted by molar-refractivity contribution is -0.172. The zero-order chi connectivity index (χ0) is 77.9. The van der Waals surface area contributed by atoms with Crippen LogP contribution in [0.25, 0.3) is 25.1 Å². The number of rotatable bonds is 20. The van der Waals surface area contributed by atoms with Gasteiger partial charge in [0.25, 0.3) is 0 Å². The van der Waals surface area contributed by atoms with E-state index >= 15 is 0 Å². The maximum atomic E-state index is 12.2. The fourth-order valence-electron chi connectivity index (χ4n) is 14.2. The molecule has 20 nitrogen and oxygen atoms in total.